The number of hydroxylamine groups is 1. The molecule has 2 aromatic rings. The van der Waals surface area contributed by atoms with E-state index in [1.54, 1.807) is 0 Å². The quantitative estimate of drug-likeness (QED) is 0.857. The van der Waals surface area contributed by atoms with Crippen molar-refractivity contribution >= 4 is 5.91 Å². The molecule has 0 atom stereocenters. The largest absolute Gasteiger partial charge is 0.493 e. The summed E-state index contributed by atoms with van der Waals surface area (Å²) >= 11 is 0. The molecule has 3 rings (SSSR count). The molecule has 0 spiro atoms. The second-order valence-electron chi connectivity index (χ2n) is 5.02. The first kappa shape index (κ1) is 13.6. The van der Waals surface area contributed by atoms with Crippen LogP contribution < -0.4 is 10.2 Å². The van der Waals surface area contributed by atoms with Crippen molar-refractivity contribution < 1.29 is 14.4 Å². The van der Waals surface area contributed by atoms with Gasteiger partial charge in [0.05, 0.1) is 19.6 Å². The highest BCUT2D eigenvalue weighted by Gasteiger charge is 2.13. The lowest BCUT2D eigenvalue weighted by atomic mass is 10.1. The van der Waals surface area contributed by atoms with E-state index in [4.69, 9.17) is 9.57 Å². The molecule has 0 aromatic heterocycles. The molecule has 0 aliphatic carbocycles. The molecule has 1 aliphatic rings. The smallest absolute Gasteiger partial charge is 0.247 e. The Balaban J connectivity index is 1.48. The van der Waals surface area contributed by atoms with Crippen molar-refractivity contribution in [1.29, 1.82) is 0 Å². The molecule has 108 valence electrons. The van der Waals surface area contributed by atoms with Gasteiger partial charge in [0.2, 0.25) is 5.91 Å². The number of carbonyl (C=O) groups excluding carboxylic acids is 1. The van der Waals surface area contributed by atoms with E-state index in [-0.39, 0.29) is 5.91 Å². The third kappa shape index (κ3) is 3.61. The van der Waals surface area contributed by atoms with Crippen molar-refractivity contribution in [3.8, 4) is 5.75 Å². The highest BCUT2D eigenvalue weighted by Crippen LogP contribution is 2.25. The number of ether oxygens (including phenoxy) is 1. The van der Waals surface area contributed by atoms with Crippen LogP contribution in [-0.2, 0) is 29.1 Å². The third-order valence-corrected chi connectivity index (χ3v) is 3.39. The Morgan fingerprint density at radius 3 is 2.86 bits per heavy atom. The second-order valence-corrected chi connectivity index (χ2v) is 5.02. The zero-order valence-corrected chi connectivity index (χ0v) is 11.7. The van der Waals surface area contributed by atoms with Crippen molar-refractivity contribution in [2.75, 3.05) is 6.61 Å². The number of amides is 1. The van der Waals surface area contributed by atoms with Crippen LogP contribution in [0.4, 0.5) is 0 Å². The second kappa shape index (κ2) is 6.41. The van der Waals surface area contributed by atoms with Crippen LogP contribution in [0.1, 0.15) is 16.7 Å². The van der Waals surface area contributed by atoms with Gasteiger partial charge in [0.25, 0.3) is 0 Å². The highest BCUT2D eigenvalue weighted by atomic mass is 16.6. The van der Waals surface area contributed by atoms with Crippen molar-refractivity contribution in [1.82, 2.24) is 5.48 Å². The van der Waals surface area contributed by atoms with Gasteiger partial charge in [-0.15, -0.1) is 0 Å². The SMILES string of the molecule is O=C(Cc1ccc2c(c1)CCO2)NOCc1ccccc1. The summed E-state index contributed by atoms with van der Waals surface area (Å²) in [4.78, 5) is 17.1. The normalized spacial score (nSPS) is 12.6. The molecule has 21 heavy (non-hydrogen) atoms. The third-order valence-electron chi connectivity index (χ3n) is 3.39. The highest BCUT2D eigenvalue weighted by molar-refractivity contribution is 5.77. The average Bonchev–Trinajstić information content (AvgIpc) is 2.96. The predicted octanol–water partition coefficient (Wildman–Crippen LogP) is 2.41. The molecule has 0 saturated heterocycles. The summed E-state index contributed by atoms with van der Waals surface area (Å²) in [7, 11) is 0. The number of carbonyl (C=O) groups is 1. The van der Waals surface area contributed by atoms with E-state index < -0.39 is 0 Å². The Labute approximate surface area is 123 Å². The van der Waals surface area contributed by atoms with Gasteiger partial charge in [0.15, 0.2) is 0 Å². The Bertz CT molecular complexity index is 625. The lowest BCUT2D eigenvalue weighted by molar-refractivity contribution is -0.133. The minimum Gasteiger partial charge on any atom is -0.493 e. The van der Waals surface area contributed by atoms with Crippen LogP contribution in [0.15, 0.2) is 48.5 Å². The first-order valence-electron chi connectivity index (χ1n) is 7.00. The van der Waals surface area contributed by atoms with Crippen LogP contribution in [0.5, 0.6) is 5.75 Å². The van der Waals surface area contributed by atoms with Crippen LogP contribution >= 0.6 is 0 Å². The molecular weight excluding hydrogens is 266 g/mol. The summed E-state index contributed by atoms with van der Waals surface area (Å²) in [5.74, 6) is 0.782. The van der Waals surface area contributed by atoms with Gasteiger partial charge >= 0.3 is 0 Å². The van der Waals surface area contributed by atoms with Gasteiger partial charge in [0, 0.05) is 6.42 Å². The van der Waals surface area contributed by atoms with E-state index in [9.17, 15) is 4.79 Å². The van der Waals surface area contributed by atoms with E-state index in [1.807, 2.05) is 48.5 Å². The number of hydrogen-bond acceptors (Lipinski definition) is 3. The summed E-state index contributed by atoms with van der Waals surface area (Å²) < 4.78 is 5.45. The van der Waals surface area contributed by atoms with Gasteiger partial charge in [-0.05, 0) is 22.8 Å². The molecule has 0 unspecified atom stereocenters. The number of nitrogens with one attached hydrogen (secondary N) is 1. The average molecular weight is 283 g/mol. The molecule has 4 nitrogen and oxygen atoms in total. The number of benzene rings is 2. The number of rotatable bonds is 5. The molecule has 4 heteroatoms. The fourth-order valence-corrected chi connectivity index (χ4v) is 2.35. The van der Waals surface area contributed by atoms with Crippen molar-refractivity contribution in [3.05, 3.63) is 65.2 Å². The van der Waals surface area contributed by atoms with Crippen molar-refractivity contribution in [3.63, 3.8) is 0 Å². The van der Waals surface area contributed by atoms with E-state index in [2.05, 4.69) is 5.48 Å². The van der Waals surface area contributed by atoms with Crippen LogP contribution in [0.25, 0.3) is 0 Å². The maximum atomic E-state index is 11.8. The molecule has 0 saturated carbocycles. The summed E-state index contributed by atoms with van der Waals surface area (Å²) in [6.45, 7) is 1.09. The minimum atomic E-state index is -0.148. The van der Waals surface area contributed by atoms with Crippen LogP contribution in [0.2, 0.25) is 0 Å². The molecule has 1 aliphatic heterocycles. The zero-order valence-electron chi connectivity index (χ0n) is 11.7. The predicted molar refractivity (Wildman–Crippen MR) is 78.7 cm³/mol. The van der Waals surface area contributed by atoms with E-state index >= 15 is 0 Å². The molecule has 1 amide bonds. The first-order chi connectivity index (χ1) is 10.3. The van der Waals surface area contributed by atoms with Gasteiger partial charge < -0.3 is 4.74 Å². The summed E-state index contributed by atoms with van der Waals surface area (Å²) in [5.41, 5.74) is 5.64. The lowest BCUT2D eigenvalue weighted by Gasteiger charge is -2.07. The minimum absolute atomic E-state index is 0.148. The summed E-state index contributed by atoms with van der Waals surface area (Å²) in [5, 5.41) is 0. The van der Waals surface area contributed by atoms with Crippen molar-refractivity contribution in [2.45, 2.75) is 19.4 Å². The van der Waals surface area contributed by atoms with Crippen LogP contribution in [0.3, 0.4) is 0 Å². The molecule has 0 radical (unpaired) electrons. The van der Waals surface area contributed by atoms with Gasteiger partial charge in [-0.2, -0.15) is 0 Å². The Kier molecular flexibility index (Phi) is 4.17. The van der Waals surface area contributed by atoms with E-state index in [0.29, 0.717) is 13.0 Å². The molecular formula is C17H17NO3. The van der Waals surface area contributed by atoms with E-state index in [0.717, 1.165) is 29.9 Å². The summed E-state index contributed by atoms with van der Waals surface area (Å²) in [6, 6.07) is 15.6. The topological polar surface area (TPSA) is 47.6 Å². The van der Waals surface area contributed by atoms with Crippen LogP contribution in [-0.4, -0.2) is 12.5 Å². The standard InChI is InChI=1S/C17H17NO3/c19-17(18-21-12-13-4-2-1-3-5-13)11-14-6-7-16-15(10-14)8-9-20-16/h1-7,10H,8-9,11-12H2,(H,18,19). The van der Waals surface area contributed by atoms with E-state index in [1.165, 1.54) is 5.56 Å². The fourth-order valence-electron chi connectivity index (χ4n) is 2.35. The van der Waals surface area contributed by atoms with Gasteiger partial charge in [-0.3, -0.25) is 9.63 Å². The zero-order chi connectivity index (χ0) is 14.5. The molecule has 2 aromatic carbocycles. The number of hydrogen-bond donors (Lipinski definition) is 1. The molecule has 0 fully saturated rings. The fraction of sp³-hybridized carbons (Fsp3) is 0.235. The maximum Gasteiger partial charge on any atom is 0.247 e. The molecule has 0 bridgehead atoms. The van der Waals surface area contributed by atoms with Gasteiger partial charge in [0.1, 0.15) is 5.75 Å². The monoisotopic (exact) mass is 283 g/mol. The van der Waals surface area contributed by atoms with Gasteiger partial charge in [-0.25, -0.2) is 5.48 Å². The van der Waals surface area contributed by atoms with Gasteiger partial charge in [-0.1, -0.05) is 42.5 Å². The first-order valence-corrected chi connectivity index (χ1v) is 7.00. The van der Waals surface area contributed by atoms with Crippen molar-refractivity contribution in [2.24, 2.45) is 0 Å². The maximum absolute atomic E-state index is 11.8. The Morgan fingerprint density at radius 1 is 1.14 bits per heavy atom. The van der Waals surface area contributed by atoms with Crippen LogP contribution in [0, 0.1) is 0 Å². The summed E-state index contributed by atoms with van der Waals surface area (Å²) in [6.07, 6.45) is 1.22. The molecule has 1 heterocycles. The Morgan fingerprint density at radius 2 is 2.00 bits per heavy atom. The molecule has 1 N–H and O–H groups in total. The lowest BCUT2D eigenvalue weighted by Crippen LogP contribution is -2.25. The Hall–Kier alpha value is -2.33. The number of fused-ring (bicyclic) bond motifs is 1.